The summed E-state index contributed by atoms with van der Waals surface area (Å²) in [4.78, 5) is 11.5. The first-order valence-corrected chi connectivity index (χ1v) is 5.40. The molecule has 2 heteroatoms. The van der Waals surface area contributed by atoms with Crippen LogP contribution in [0.3, 0.4) is 0 Å². The van der Waals surface area contributed by atoms with Crippen molar-refractivity contribution in [1.82, 2.24) is 0 Å². The van der Waals surface area contributed by atoms with E-state index >= 15 is 0 Å². The fourth-order valence-corrected chi connectivity index (χ4v) is 1.55. The van der Waals surface area contributed by atoms with Gasteiger partial charge in [-0.05, 0) is 32.6 Å². The summed E-state index contributed by atoms with van der Waals surface area (Å²) >= 11 is 0. The lowest BCUT2D eigenvalue weighted by Gasteiger charge is -2.11. The van der Waals surface area contributed by atoms with E-state index in [0.717, 1.165) is 25.7 Å². The summed E-state index contributed by atoms with van der Waals surface area (Å²) in [5.41, 5.74) is 5.61. The molecular formula is C11H23NO. The minimum atomic E-state index is 0.231. The molecule has 78 valence electrons. The quantitative estimate of drug-likeness (QED) is 0.662. The molecule has 0 heterocycles. The molecule has 0 aliphatic rings. The van der Waals surface area contributed by atoms with Gasteiger partial charge >= 0.3 is 0 Å². The summed E-state index contributed by atoms with van der Waals surface area (Å²) < 4.78 is 0. The van der Waals surface area contributed by atoms with Crippen LogP contribution in [0.15, 0.2) is 0 Å². The van der Waals surface area contributed by atoms with E-state index < -0.39 is 0 Å². The Balaban J connectivity index is 3.60. The number of hydrogen-bond donors (Lipinski definition) is 1. The zero-order valence-corrected chi connectivity index (χ0v) is 9.18. The van der Waals surface area contributed by atoms with Crippen LogP contribution in [0.25, 0.3) is 0 Å². The summed E-state index contributed by atoms with van der Waals surface area (Å²) in [5, 5.41) is 0. The highest BCUT2D eigenvalue weighted by atomic mass is 16.1. The van der Waals surface area contributed by atoms with Gasteiger partial charge in [-0.3, -0.25) is 4.79 Å². The second-order valence-corrected chi connectivity index (χ2v) is 3.85. The van der Waals surface area contributed by atoms with Gasteiger partial charge in [0.1, 0.15) is 5.78 Å². The Morgan fingerprint density at radius 2 is 1.85 bits per heavy atom. The van der Waals surface area contributed by atoms with Crippen molar-refractivity contribution in [2.75, 3.05) is 0 Å². The molecule has 0 spiro atoms. The third-order valence-electron chi connectivity index (χ3n) is 2.52. The first-order chi connectivity index (χ1) is 6.11. The Morgan fingerprint density at radius 3 is 2.23 bits per heavy atom. The first kappa shape index (κ1) is 12.6. The van der Waals surface area contributed by atoms with Crippen LogP contribution < -0.4 is 5.73 Å². The number of hydrogen-bond acceptors (Lipinski definition) is 2. The maximum atomic E-state index is 11.5. The van der Waals surface area contributed by atoms with E-state index in [1.807, 2.05) is 6.92 Å². The maximum absolute atomic E-state index is 11.5. The van der Waals surface area contributed by atoms with Crippen molar-refractivity contribution in [3.05, 3.63) is 0 Å². The van der Waals surface area contributed by atoms with Crippen LogP contribution in [0.1, 0.15) is 52.9 Å². The Kier molecular flexibility index (Phi) is 6.87. The van der Waals surface area contributed by atoms with Crippen molar-refractivity contribution >= 4 is 5.78 Å². The molecule has 0 aliphatic carbocycles. The van der Waals surface area contributed by atoms with Gasteiger partial charge in [0.05, 0.1) is 0 Å². The van der Waals surface area contributed by atoms with Crippen LogP contribution in [0.5, 0.6) is 0 Å². The minimum absolute atomic E-state index is 0.231. The monoisotopic (exact) mass is 185 g/mol. The molecule has 0 rings (SSSR count). The molecule has 2 N–H and O–H groups in total. The van der Waals surface area contributed by atoms with Gasteiger partial charge in [0, 0.05) is 18.4 Å². The van der Waals surface area contributed by atoms with Gasteiger partial charge in [-0.2, -0.15) is 0 Å². The van der Waals surface area contributed by atoms with E-state index in [4.69, 9.17) is 5.73 Å². The summed E-state index contributed by atoms with van der Waals surface area (Å²) in [7, 11) is 0. The summed E-state index contributed by atoms with van der Waals surface area (Å²) in [6, 6.07) is 0.231. The fraction of sp³-hybridized carbons (Fsp3) is 0.909. The molecule has 0 aromatic rings. The van der Waals surface area contributed by atoms with Crippen molar-refractivity contribution in [2.45, 2.75) is 58.9 Å². The highest BCUT2D eigenvalue weighted by Gasteiger charge is 2.13. The molecule has 0 aromatic heterocycles. The number of ketones is 1. The van der Waals surface area contributed by atoms with Crippen LogP contribution in [-0.4, -0.2) is 11.8 Å². The molecule has 13 heavy (non-hydrogen) atoms. The first-order valence-electron chi connectivity index (χ1n) is 5.40. The van der Waals surface area contributed by atoms with Gasteiger partial charge < -0.3 is 5.73 Å². The third-order valence-corrected chi connectivity index (χ3v) is 2.52. The summed E-state index contributed by atoms with van der Waals surface area (Å²) in [6.07, 6.45) is 4.59. The number of carbonyl (C=O) groups is 1. The Bertz CT molecular complexity index is 139. The Labute approximate surface area is 81.9 Å². The Morgan fingerprint density at radius 1 is 1.31 bits per heavy atom. The smallest absolute Gasteiger partial charge is 0.135 e. The molecule has 0 saturated carbocycles. The van der Waals surface area contributed by atoms with Gasteiger partial charge in [-0.25, -0.2) is 0 Å². The summed E-state index contributed by atoms with van der Waals surface area (Å²) in [5.74, 6) is 0.707. The second-order valence-electron chi connectivity index (χ2n) is 3.85. The van der Waals surface area contributed by atoms with Crippen LogP contribution in [0, 0.1) is 5.92 Å². The van der Waals surface area contributed by atoms with Crippen molar-refractivity contribution in [3.8, 4) is 0 Å². The molecule has 0 fully saturated rings. The fourth-order valence-electron chi connectivity index (χ4n) is 1.55. The van der Waals surface area contributed by atoms with E-state index in [9.17, 15) is 4.79 Å². The van der Waals surface area contributed by atoms with E-state index in [-0.39, 0.29) is 12.0 Å². The average molecular weight is 185 g/mol. The van der Waals surface area contributed by atoms with E-state index in [2.05, 4.69) is 13.8 Å². The lowest BCUT2D eigenvalue weighted by molar-refractivity contribution is -0.123. The van der Waals surface area contributed by atoms with Crippen molar-refractivity contribution in [3.63, 3.8) is 0 Å². The third kappa shape index (κ3) is 5.81. The zero-order chi connectivity index (χ0) is 10.3. The number of Topliss-reactive ketones (excluding diaryl/α,β-unsaturated/α-hetero) is 1. The highest BCUT2D eigenvalue weighted by Crippen LogP contribution is 2.13. The van der Waals surface area contributed by atoms with Crippen molar-refractivity contribution < 1.29 is 4.79 Å². The van der Waals surface area contributed by atoms with Crippen molar-refractivity contribution in [1.29, 1.82) is 0 Å². The Hall–Kier alpha value is -0.370. The second kappa shape index (κ2) is 7.07. The van der Waals surface area contributed by atoms with E-state index in [1.54, 1.807) is 0 Å². The topological polar surface area (TPSA) is 43.1 Å². The standard InChI is InChI=1S/C11H23NO/c1-4-10(5-2)11(13)8-6-7-9(3)12/h9-10H,4-8,12H2,1-3H3. The average Bonchev–Trinajstić information content (AvgIpc) is 2.05. The summed E-state index contributed by atoms with van der Waals surface area (Å²) in [6.45, 7) is 6.15. The van der Waals surface area contributed by atoms with Crippen LogP contribution >= 0.6 is 0 Å². The highest BCUT2D eigenvalue weighted by molar-refractivity contribution is 5.80. The molecule has 0 aromatic carbocycles. The lowest BCUT2D eigenvalue weighted by Crippen LogP contribution is -2.17. The van der Waals surface area contributed by atoms with Gasteiger partial charge in [0.2, 0.25) is 0 Å². The number of carbonyl (C=O) groups excluding carboxylic acids is 1. The van der Waals surface area contributed by atoms with Gasteiger partial charge in [-0.15, -0.1) is 0 Å². The van der Waals surface area contributed by atoms with E-state index in [1.165, 1.54) is 0 Å². The van der Waals surface area contributed by atoms with Gasteiger partial charge in [-0.1, -0.05) is 13.8 Å². The molecule has 0 saturated heterocycles. The van der Waals surface area contributed by atoms with Crippen LogP contribution in [0.2, 0.25) is 0 Å². The van der Waals surface area contributed by atoms with Gasteiger partial charge in [0.25, 0.3) is 0 Å². The molecular weight excluding hydrogens is 162 g/mol. The lowest BCUT2D eigenvalue weighted by atomic mass is 9.94. The molecule has 0 radical (unpaired) electrons. The molecule has 1 unspecified atom stereocenters. The van der Waals surface area contributed by atoms with Crippen molar-refractivity contribution in [2.24, 2.45) is 11.7 Å². The number of rotatable bonds is 7. The molecule has 1 atom stereocenters. The largest absolute Gasteiger partial charge is 0.328 e. The molecule has 2 nitrogen and oxygen atoms in total. The molecule has 0 bridgehead atoms. The molecule has 0 amide bonds. The van der Waals surface area contributed by atoms with E-state index in [0.29, 0.717) is 12.2 Å². The number of nitrogens with two attached hydrogens (primary N) is 1. The maximum Gasteiger partial charge on any atom is 0.135 e. The van der Waals surface area contributed by atoms with Crippen LogP contribution in [-0.2, 0) is 4.79 Å². The SMILES string of the molecule is CCC(CC)C(=O)CCCC(C)N. The predicted octanol–water partition coefficient (Wildman–Crippen LogP) is 2.51. The molecule has 0 aliphatic heterocycles. The van der Waals surface area contributed by atoms with Gasteiger partial charge in [0.15, 0.2) is 0 Å². The minimum Gasteiger partial charge on any atom is -0.328 e. The zero-order valence-electron chi connectivity index (χ0n) is 9.18. The van der Waals surface area contributed by atoms with Crippen LogP contribution in [0.4, 0.5) is 0 Å². The normalized spacial score (nSPS) is 13.3. The predicted molar refractivity (Wildman–Crippen MR) is 56.6 cm³/mol.